The monoisotopic (exact) mass is 364 g/mol. The van der Waals surface area contributed by atoms with E-state index in [1.54, 1.807) is 0 Å². The highest BCUT2D eigenvalue weighted by Gasteiger charge is 2.20. The predicted octanol–water partition coefficient (Wildman–Crippen LogP) is 2.57. The van der Waals surface area contributed by atoms with Crippen molar-refractivity contribution in [2.75, 3.05) is 39.4 Å². The lowest BCUT2D eigenvalue weighted by molar-refractivity contribution is 0.171. The summed E-state index contributed by atoms with van der Waals surface area (Å²) in [5.41, 5.74) is 4.30. The van der Waals surface area contributed by atoms with Crippen molar-refractivity contribution < 1.29 is 9.47 Å². The number of imidazole rings is 1. The Morgan fingerprint density at radius 3 is 2.89 bits per heavy atom. The van der Waals surface area contributed by atoms with Crippen LogP contribution >= 0.6 is 0 Å². The summed E-state index contributed by atoms with van der Waals surface area (Å²) in [4.78, 5) is 7.46. The second kappa shape index (κ2) is 7.21. The summed E-state index contributed by atoms with van der Waals surface area (Å²) in [7, 11) is 0. The molecule has 1 N–H and O–H groups in total. The van der Waals surface area contributed by atoms with Crippen LogP contribution in [-0.4, -0.2) is 53.7 Å². The van der Waals surface area contributed by atoms with Gasteiger partial charge in [-0.1, -0.05) is 6.07 Å². The molecule has 0 amide bonds. The molecule has 0 radical (unpaired) electrons. The van der Waals surface area contributed by atoms with E-state index in [-0.39, 0.29) is 0 Å². The third kappa shape index (κ3) is 3.26. The lowest BCUT2D eigenvalue weighted by atomic mass is 10.1. The van der Waals surface area contributed by atoms with E-state index in [0.29, 0.717) is 13.2 Å². The quantitative estimate of drug-likeness (QED) is 0.774. The number of hydrogen-bond donors (Lipinski definition) is 1. The summed E-state index contributed by atoms with van der Waals surface area (Å²) in [5, 5.41) is 3.48. The normalized spacial score (nSPS) is 17.8. The van der Waals surface area contributed by atoms with Crippen LogP contribution in [0.25, 0.3) is 16.9 Å². The summed E-state index contributed by atoms with van der Waals surface area (Å²) < 4.78 is 13.7. The van der Waals surface area contributed by atoms with Gasteiger partial charge in [-0.2, -0.15) is 0 Å². The number of rotatable bonds is 3. The van der Waals surface area contributed by atoms with Crippen LogP contribution in [0.5, 0.6) is 11.5 Å². The molecule has 6 heteroatoms. The SMILES string of the molecule is c1ccn2c(CN3CCCNCC3)c(-c3ccc4c(c3)OCCO4)nc2c1. The van der Waals surface area contributed by atoms with Gasteiger partial charge in [-0.15, -0.1) is 0 Å². The molecule has 4 heterocycles. The van der Waals surface area contributed by atoms with Gasteiger partial charge in [0.15, 0.2) is 11.5 Å². The van der Waals surface area contributed by atoms with Crippen LogP contribution in [0.15, 0.2) is 42.6 Å². The molecule has 1 fully saturated rings. The number of hydrogen-bond acceptors (Lipinski definition) is 5. The number of nitrogens with zero attached hydrogens (tertiary/aromatic N) is 3. The van der Waals surface area contributed by atoms with Gasteiger partial charge in [-0.05, 0) is 49.8 Å². The van der Waals surface area contributed by atoms with Crippen LogP contribution in [0, 0.1) is 0 Å². The third-order valence-corrected chi connectivity index (χ3v) is 5.25. The third-order valence-electron chi connectivity index (χ3n) is 5.25. The topological polar surface area (TPSA) is 51.0 Å². The highest BCUT2D eigenvalue weighted by Crippen LogP contribution is 2.35. The Kier molecular flexibility index (Phi) is 4.43. The van der Waals surface area contributed by atoms with Crippen molar-refractivity contribution in [1.82, 2.24) is 19.6 Å². The molecule has 140 valence electrons. The zero-order chi connectivity index (χ0) is 18.1. The van der Waals surface area contributed by atoms with Crippen molar-refractivity contribution in [3.63, 3.8) is 0 Å². The number of fused-ring (bicyclic) bond motifs is 2. The van der Waals surface area contributed by atoms with E-state index in [0.717, 1.165) is 61.1 Å². The van der Waals surface area contributed by atoms with E-state index in [2.05, 4.69) is 45.1 Å². The number of aromatic nitrogens is 2. The van der Waals surface area contributed by atoms with Gasteiger partial charge < -0.3 is 19.2 Å². The second-order valence-electron chi connectivity index (χ2n) is 7.07. The Bertz CT molecular complexity index is 945. The molecule has 0 aliphatic carbocycles. The van der Waals surface area contributed by atoms with Gasteiger partial charge in [0.25, 0.3) is 0 Å². The highest BCUT2D eigenvalue weighted by atomic mass is 16.6. The van der Waals surface area contributed by atoms with Crippen molar-refractivity contribution >= 4 is 5.65 Å². The minimum absolute atomic E-state index is 0.593. The van der Waals surface area contributed by atoms with Gasteiger partial charge >= 0.3 is 0 Å². The van der Waals surface area contributed by atoms with Crippen LogP contribution in [0.2, 0.25) is 0 Å². The first-order valence-electron chi connectivity index (χ1n) is 9.67. The molecule has 1 saturated heterocycles. The maximum Gasteiger partial charge on any atom is 0.162 e. The Morgan fingerprint density at radius 1 is 1.00 bits per heavy atom. The van der Waals surface area contributed by atoms with Crippen LogP contribution in [-0.2, 0) is 6.54 Å². The van der Waals surface area contributed by atoms with Crippen LogP contribution in [0.4, 0.5) is 0 Å². The van der Waals surface area contributed by atoms with E-state index >= 15 is 0 Å². The maximum absolute atomic E-state index is 5.79. The first-order valence-corrected chi connectivity index (χ1v) is 9.67. The molecule has 0 unspecified atom stereocenters. The first kappa shape index (κ1) is 16.6. The standard InChI is InChI=1S/C21H24N4O2/c1-2-10-25-17(15-24-9-3-7-22-8-11-24)21(23-20(25)4-1)16-5-6-18-19(14-16)27-13-12-26-18/h1-2,4-6,10,14,22H,3,7-9,11-13,15H2. The van der Waals surface area contributed by atoms with E-state index in [4.69, 9.17) is 14.5 Å². The Labute approximate surface area is 158 Å². The lowest BCUT2D eigenvalue weighted by Crippen LogP contribution is -2.28. The van der Waals surface area contributed by atoms with Crippen molar-refractivity contribution in [3.8, 4) is 22.8 Å². The van der Waals surface area contributed by atoms with Gasteiger partial charge in [-0.3, -0.25) is 4.90 Å². The smallest absolute Gasteiger partial charge is 0.162 e. The summed E-state index contributed by atoms with van der Waals surface area (Å²) >= 11 is 0. The molecule has 6 nitrogen and oxygen atoms in total. The zero-order valence-electron chi connectivity index (χ0n) is 15.4. The Balaban J connectivity index is 1.57. The molecule has 0 bridgehead atoms. The van der Waals surface area contributed by atoms with Gasteiger partial charge in [0, 0.05) is 31.4 Å². The van der Waals surface area contributed by atoms with E-state index < -0.39 is 0 Å². The highest BCUT2D eigenvalue weighted by molar-refractivity contribution is 5.69. The van der Waals surface area contributed by atoms with Gasteiger partial charge in [0.05, 0.1) is 11.4 Å². The van der Waals surface area contributed by atoms with Gasteiger partial charge in [0.1, 0.15) is 18.9 Å². The summed E-state index contributed by atoms with van der Waals surface area (Å²) in [6, 6.07) is 12.3. The Hall–Kier alpha value is -2.57. The number of ether oxygens (including phenoxy) is 2. The molecule has 3 aromatic rings. The molecule has 2 aliphatic heterocycles. The molecule has 2 aliphatic rings. The molecule has 5 rings (SSSR count). The van der Waals surface area contributed by atoms with Crippen molar-refractivity contribution in [3.05, 3.63) is 48.3 Å². The fourth-order valence-electron chi connectivity index (χ4n) is 3.89. The van der Waals surface area contributed by atoms with Crippen LogP contribution < -0.4 is 14.8 Å². The predicted molar refractivity (Wildman–Crippen MR) is 104 cm³/mol. The summed E-state index contributed by atoms with van der Waals surface area (Å²) in [6.45, 7) is 6.38. The molecular weight excluding hydrogens is 340 g/mol. The molecule has 0 spiro atoms. The van der Waals surface area contributed by atoms with Crippen LogP contribution in [0.3, 0.4) is 0 Å². The molecule has 0 saturated carbocycles. The van der Waals surface area contributed by atoms with Gasteiger partial charge in [-0.25, -0.2) is 4.98 Å². The number of pyridine rings is 1. The van der Waals surface area contributed by atoms with E-state index in [1.807, 2.05) is 12.1 Å². The molecule has 1 aromatic carbocycles. The fraction of sp³-hybridized carbons (Fsp3) is 0.381. The molecular formula is C21H24N4O2. The zero-order valence-corrected chi connectivity index (χ0v) is 15.4. The summed E-state index contributed by atoms with van der Waals surface area (Å²) in [5.74, 6) is 1.62. The molecule has 27 heavy (non-hydrogen) atoms. The summed E-state index contributed by atoms with van der Waals surface area (Å²) in [6.07, 6.45) is 3.28. The maximum atomic E-state index is 5.79. The van der Waals surface area contributed by atoms with Crippen molar-refractivity contribution in [2.45, 2.75) is 13.0 Å². The lowest BCUT2D eigenvalue weighted by Gasteiger charge is -2.21. The van der Waals surface area contributed by atoms with E-state index in [1.165, 1.54) is 12.1 Å². The minimum Gasteiger partial charge on any atom is -0.486 e. The van der Waals surface area contributed by atoms with Crippen molar-refractivity contribution in [2.24, 2.45) is 0 Å². The number of nitrogens with one attached hydrogen (secondary N) is 1. The average molecular weight is 364 g/mol. The average Bonchev–Trinajstić information content (AvgIpc) is 2.88. The largest absolute Gasteiger partial charge is 0.486 e. The van der Waals surface area contributed by atoms with Gasteiger partial charge in [0.2, 0.25) is 0 Å². The molecule has 0 atom stereocenters. The van der Waals surface area contributed by atoms with Crippen molar-refractivity contribution in [1.29, 1.82) is 0 Å². The minimum atomic E-state index is 0.593. The Morgan fingerprint density at radius 2 is 1.93 bits per heavy atom. The van der Waals surface area contributed by atoms with E-state index in [9.17, 15) is 0 Å². The fourth-order valence-corrected chi connectivity index (χ4v) is 3.89. The second-order valence-corrected chi connectivity index (χ2v) is 7.07. The first-order chi connectivity index (χ1) is 13.4. The number of benzene rings is 1. The molecule has 2 aromatic heterocycles. The van der Waals surface area contributed by atoms with Crippen LogP contribution in [0.1, 0.15) is 12.1 Å².